The van der Waals surface area contributed by atoms with Gasteiger partial charge in [-0.1, -0.05) is 0 Å². The van der Waals surface area contributed by atoms with Crippen LogP contribution in [0, 0.1) is 7.43 Å². The van der Waals surface area contributed by atoms with E-state index in [-0.39, 0.29) is 15.3 Å². The van der Waals surface area contributed by atoms with Crippen molar-refractivity contribution >= 4 is 17.5 Å². The molecular formula is C12H29ClPPd+. The van der Waals surface area contributed by atoms with Crippen LogP contribution in [0.5, 0.6) is 0 Å². The summed E-state index contributed by atoms with van der Waals surface area (Å²) < 4.78 is 0. The third-order valence-electron chi connectivity index (χ3n) is 2.19. The van der Waals surface area contributed by atoms with Crippen LogP contribution in [0.4, 0.5) is 0 Å². The van der Waals surface area contributed by atoms with Crippen molar-refractivity contribution in [3.8, 4) is 0 Å². The van der Waals surface area contributed by atoms with Gasteiger partial charge in [-0.15, -0.1) is 0 Å². The molecule has 0 radical (unpaired) electrons. The van der Waals surface area contributed by atoms with Crippen molar-refractivity contribution in [3.05, 3.63) is 7.43 Å². The first kappa shape index (κ1) is 21.6. The summed E-state index contributed by atoms with van der Waals surface area (Å²) in [6, 6.07) is 0. The van der Waals surface area contributed by atoms with Gasteiger partial charge in [-0.3, -0.25) is 0 Å². The Balaban J connectivity index is -0.000000449. The molecule has 0 aromatic heterocycles. The van der Waals surface area contributed by atoms with Gasteiger partial charge in [0.15, 0.2) is 0 Å². The Labute approximate surface area is 114 Å². The van der Waals surface area contributed by atoms with Gasteiger partial charge < -0.3 is 7.43 Å². The number of halogens is 1. The molecule has 0 aromatic rings. The van der Waals surface area contributed by atoms with Crippen LogP contribution in [0.15, 0.2) is 0 Å². The van der Waals surface area contributed by atoms with Crippen LogP contribution in [0.1, 0.15) is 55.4 Å². The van der Waals surface area contributed by atoms with Crippen molar-refractivity contribution in [2.75, 3.05) is 0 Å². The van der Waals surface area contributed by atoms with E-state index in [0.29, 0.717) is 10.3 Å². The molecule has 0 nitrogen and oxygen atoms in total. The summed E-state index contributed by atoms with van der Waals surface area (Å²) >= 11 is 2.22. The molecule has 15 heavy (non-hydrogen) atoms. The fourth-order valence-corrected chi connectivity index (χ4v) is 8.57. The zero-order valence-corrected chi connectivity index (χ0v) is 15.1. The summed E-state index contributed by atoms with van der Waals surface area (Å²) in [7, 11) is 4.20. The fraction of sp³-hybridized carbons (Fsp3) is 0.917. The summed E-state index contributed by atoms with van der Waals surface area (Å²) in [5.74, 6) is 0. The molecule has 98 valence electrons. The number of hydrogen-bond donors (Lipinski definition) is 0. The Morgan fingerprint density at radius 1 is 0.867 bits per heavy atom. The van der Waals surface area contributed by atoms with Gasteiger partial charge in [0.05, 0.1) is 16.0 Å². The van der Waals surface area contributed by atoms with Crippen LogP contribution < -0.4 is 0 Å². The average Bonchev–Trinajstić information content (AvgIpc) is 1.82. The minimum atomic E-state index is -0.293. The van der Waals surface area contributed by atoms with Crippen LogP contribution in [0.3, 0.4) is 0 Å². The number of rotatable bonds is 1. The normalized spacial score (nSPS) is 12.1. The fourth-order valence-electron chi connectivity index (χ4n) is 2.86. The second-order valence-corrected chi connectivity index (χ2v) is 11.1. The van der Waals surface area contributed by atoms with Crippen molar-refractivity contribution < 1.29 is 18.2 Å². The van der Waals surface area contributed by atoms with Crippen LogP contribution >= 0.6 is 17.5 Å². The second-order valence-electron chi connectivity index (χ2n) is 6.07. The van der Waals surface area contributed by atoms with Crippen LogP contribution in [0.2, 0.25) is 0 Å². The van der Waals surface area contributed by atoms with Crippen molar-refractivity contribution in [3.63, 3.8) is 0 Å². The molecule has 0 unspecified atom stereocenters. The Morgan fingerprint density at radius 2 is 1.07 bits per heavy atom. The van der Waals surface area contributed by atoms with E-state index in [1.165, 1.54) is 0 Å². The maximum absolute atomic E-state index is 4.49. The van der Waals surface area contributed by atoms with Gasteiger partial charge in [-0.25, -0.2) is 0 Å². The van der Waals surface area contributed by atoms with Gasteiger partial charge in [0.25, 0.3) is 0 Å². The minimum absolute atomic E-state index is 0. The quantitative estimate of drug-likeness (QED) is 0.341. The summed E-state index contributed by atoms with van der Waals surface area (Å²) in [5.41, 5.74) is 0.870. The first-order valence-electron chi connectivity index (χ1n) is 5.06. The van der Waals surface area contributed by atoms with Gasteiger partial charge in [0.2, 0.25) is 0 Å². The Morgan fingerprint density at radius 3 is 1.07 bits per heavy atom. The molecule has 0 aliphatic rings. The molecule has 0 bridgehead atoms. The maximum atomic E-state index is 4.49. The van der Waals surface area contributed by atoms with Crippen LogP contribution in [-0.4, -0.2) is 16.0 Å². The molecule has 0 amide bonds. The molecule has 0 heterocycles. The zero-order chi connectivity index (χ0) is 12.2. The van der Waals surface area contributed by atoms with Gasteiger partial charge >= 0.3 is 27.7 Å². The zero-order valence-electron chi connectivity index (χ0n) is 11.8. The van der Waals surface area contributed by atoms with E-state index in [4.69, 9.17) is 0 Å². The Kier molecular flexibility index (Phi) is 12.2. The predicted molar refractivity (Wildman–Crippen MR) is 75.2 cm³/mol. The summed E-state index contributed by atoms with van der Waals surface area (Å²) in [5, 5.41) is 1.05. The SMILES string of the molecule is CC(C)[PH+](C(C)(C)C)C(C)(C)C.[CH3-].[Cl][Pd+]. The monoisotopic (exact) mass is 345 g/mol. The predicted octanol–water partition coefficient (Wildman–Crippen LogP) is 5.34. The van der Waals surface area contributed by atoms with Crippen molar-refractivity contribution in [2.24, 2.45) is 0 Å². The first-order chi connectivity index (χ1) is 6.07. The van der Waals surface area contributed by atoms with Crippen molar-refractivity contribution in [2.45, 2.75) is 71.4 Å². The summed E-state index contributed by atoms with van der Waals surface area (Å²) in [6.07, 6.45) is 0. The Bertz CT molecular complexity index is 131. The molecule has 0 saturated heterocycles. The standard InChI is InChI=1S/C11H25P.CH3.ClH.Pd/c1-9(2)12(10(3,4)5)11(6,7)8;;;/h9H,1-8H3;1H3;1H;/q;-1;;+2. The second kappa shape index (κ2) is 8.47. The summed E-state index contributed by atoms with van der Waals surface area (Å²) in [4.78, 5) is 0. The average molecular weight is 346 g/mol. The van der Waals surface area contributed by atoms with E-state index in [9.17, 15) is 0 Å². The van der Waals surface area contributed by atoms with E-state index in [2.05, 4.69) is 83.1 Å². The molecule has 0 rings (SSSR count). The third-order valence-corrected chi connectivity index (χ3v) is 6.58. The van der Waals surface area contributed by atoms with Crippen LogP contribution in [0.25, 0.3) is 0 Å². The molecule has 0 aliphatic carbocycles. The van der Waals surface area contributed by atoms with Gasteiger partial charge in [-0.05, 0) is 55.4 Å². The molecule has 0 saturated carbocycles. The van der Waals surface area contributed by atoms with E-state index in [1.807, 2.05) is 0 Å². The molecule has 3 heteroatoms. The van der Waals surface area contributed by atoms with Gasteiger partial charge in [0, 0.05) is 7.92 Å². The van der Waals surface area contributed by atoms with Crippen molar-refractivity contribution in [1.29, 1.82) is 0 Å². The van der Waals surface area contributed by atoms with E-state index in [0.717, 1.165) is 5.66 Å². The molecular weight excluding hydrogens is 317 g/mol. The first-order valence-corrected chi connectivity index (χ1v) is 8.64. The van der Waals surface area contributed by atoms with E-state index in [1.54, 1.807) is 0 Å². The third kappa shape index (κ3) is 9.12. The van der Waals surface area contributed by atoms with Gasteiger partial charge in [0.1, 0.15) is 0 Å². The molecule has 0 aromatic carbocycles. The van der Waals surface area contributed by atoms with E-state index < -0.39 is 0 Å². The summed E-state index contributed by atoms with van der Waals surface area (Å²) in [6.45, 7) is 19.1. The molecule has 0 atom stereocenters. The molecule has 0 spiro atoms. The molecule has 0 aliphatic heterocycles. The van der Waals surface area contributed by atoms with Crippen molar-refractivity contribution in [1.82, 2.24) is 0 Å². The Hall–Kier alpha value is 1.38. The van der Waals surface area contributed by atoms with Gasteiger partial charge in [-0.2, -0.15) is 0 Å². The molecule has 0 N–H and O–H groups in total. The van der Waals surface area contributed by atoms with Crippen LogP contribution in [-0.2, 0) is 18.2 Å². The number of hydrogen-bond acceptors (Lipinski definition) is 0. The topological polar surface area (TPSA) is 0 Å². The molecule has 0 fully saturated rings. The van der Waals surface area contributed by atoms with E-state index >= 15 is 0 Å².